The van der Waals surface area contributed by atoms with E-state index in [9.17, 15) is 18.0 Å². The summed E-state index contributed by atoms with van der Waals surface area (Å²) < 4.78 is 38.4. The van der Waals surface area contributed by atoms with Gasteiger partial charge in [-0.05, 0) is 42.8 Å². The number of carbonyl (C=O) groups is 1. The van der Waals surface area contributed by atoms with Gasteiger partial charge in [-0.3, -0.25) is 4.79 Å². The smallest absolute Gasteiger partial charge is 0.354 e. The van der Waals surface area contributed by atoms with Gasteiger partial charge >= 0.3 is 6.18 Å². The maximum Gasteiger partial charge on any atom is 0.416 e. The lowest BCUT2D eigenvalue weighted by Crippen LogP contribution is -2.22. The van der Waals surface area contributed by atoms with E-state index in [1.165, 1.54) is 12.1 Å². The number of nitrogens with zero attached hydrogens (tertiary/aromatic N) is 1. The number of nitrogens with one attached hydrogen (secondary N) is 2. The molecule has 3 aromatic rings. The Morgan fingerprint density at radius 1 is 1.11 bits per heavy atom. The second-order valence-electron chi connectivity index (χ2n) is 6.10. The normalized spacial score (nSPS) is 11.1. The zero-order valence-electron chi connectivity index (χ0n) is 14.9. The number of hydrogen-bond acceptors (Lipinski definition) is 2. The zero-order valence-corrected chi connectivity index (χ0v) is 14.9. The van der Waals surface area contributed by atoms with Crippen molar-refractivity contribution in [2.45, 2.75) is 13.1 Å². The van der Waals surface area contributed by atoms with Crippen molar-refractivity contribution in [3.63, 3.8) is 0 Å². The lowest BCUT2D eigenvalue weighted by molar-refractivity contribution is -0.137. The van der Waals surface area contributed by atoms with E-state index in [2.05, 4.69) is 10.3 Å². The van der Waals surface area contributed by atoms with Crippen LogP contribution in [0.2, 0.25) is 0 Å². The third-order valence-corrected chi connectivity index (χ3v) is 4.20. The monoisotopic (exact) mass is 383 g/mol. The number of amides is 1. The Morgan fingerprint density at radius 2 is 1.82 bits per heavy atom. The average molecular weight is 383 g/mol. The van der Waals surface area contributed by atoms with E-state index in [1.54, 1.807) is 37.3 Å². The van der Waals surface area contributed by atoms with E-state index in [4.69, 9.17) is 5.26 Å². The van der Waals surface area contributed by atoms with Crippen LogP contribution in [-0.4, -0.2) is 17.4 Å². The molecule has 0 atom stereocenters. The molecule has 0 bridgehead atoms. The van der Waals surface area contributed by atoms with Gasteiger partial charge in [-0.1, -0.05) is 24.3 Å². The number of H-pyrrole nitrogens is 1. The molecule has 0 aliphatic carbocycles. The molecule has 4 nitrogen and oxygen atoms in total. The highest BCUT2D eigenvalue weighted by Crippen LogP contribution is 2.33. The number of benzene rings is 2. The summed E-state index contributed by atoms with van der Waals surface area (Å²) >= 11 is 0. The van der Waals surface area contributed by atoms with Gasteiger partial charge in [-0.15, -0.1) is 0 Å². The maximum absolute atomic E-state index is 12.8. The minimum atomic E-state index is -4.41. The fraction of sp³-hybridized carbons (Fsp3) is 0.143. The number of carbonyl (C=O) groups excluding carboxylic acids is 1. The van der Waals surface area contributed by atoms with Crippen LogP contribution >= 0.6 is 0 Å². The predicted octanol–water partition coefficient (Wildman–Crippen LogP) is 4.99. The molecular weight excluding hydrogens is 367 g/mol. The van der Waals surface area contributed by atoms with E-state index >= 15 is 0 Å². The highest BCUT2D eigenvalue weighted by Gasteiger charge is 2.30. The molecule has 1 aromatic heterocycles. The van der Waals surface area contributed by atoms with Crippen LogP contribution in [0.1, 0.15) is 28.4 Å². The van der Waals surface area contributed by atoms with Crippen LogP contribution in [0, 0.1) is 11.3 Å². The number of aromatic amines is 1. The van der Waals surface area contributed by atoms with Crippen LogP contribution in [0.25, 0.3) is 22.5 Å². The van der Waals surface area contributed by atoms with E-state index in [1.807, 2.05) is 6.07 Å². The Hall–Kier alpha value is -3.53. The number of hydrogen-bond donors (Lipinski definition) is 2. The molecule has 0 aliphatic heterocycles. The molecule has 0 aliphatic rings. The standard InChI is InChI=1S/C21H16F3N3O/c1-2-26-20(28)17-11-18(14-6-8-16(9-7-14)21(22,23)24)27-19(17)15-5-3-4-13(10-15)12-25/h3-11,27H,2H2,1H3,(H,26,28). The zero-order chi connectivity index (χ0) is 20.3. The molecule has 0 fully saturated rings. The fourth-order valence-electron chi connectivity index (χ4n) is 2.86. The molecule has 1 amide bonds. The third kappa shape index (κ3) is 3.91. The van der Waals surface area contributed by atoms with E-state index in [0.717, 1.165) is 12.1 Å². The first-order valence-electron chi connectivity index (χ1n) is 8.53. The van der Waals surface area contributed by atoms with Crippen molar-refractivity contribution in [2.24, 2.45) is 0 Å². The van der Waals surface area contributed by atoms with Gasteiger partial charge in [0.05, 0.1) is 28.5 Å². The first kappa shape index (κ1) is 19.2. The third-order valence-electron chi connectivity index (χ3n) is 4.20. The second-order valence-corrected chi connectivity index (χ2v) is 6.10. The van der Waals surface area contributed by atoms with Crippen LogP contribution in [0.4, 0.5) is 13.2 Å². The quantitative estimate of drug-likeness (QED) is 0.666. The van der Waals surface area contributed by atoms with Gasteiger partial charge < -0.3 is 10.3 Å². The number of nitriles is 1. The Labute approximate surface area is 159 Å². The molecule has 0 saturated heterocycles. The van der Waals surface area contributed by atoms with Crippen LogP contribution in [0.15, 0.2) is 54.6 Å². The van der Waals surface area contributed by atoms with Gasteiger partial charge in [0.25, 0.3) is 5.91 Å². The minimum Gasteiger partial charge on any atom is -0.354 e. The molecule has 7 heteroatoms. The summed E-state index contributed by atoms with van der Waals surface area (Å²) in [4.78, 5) is 15.6. The SMILES string of the molecule is CCNC(=O)c1cc(-c2ccc(C(F)(F)F)cc2)[nH]c1-c1cccc(C#N)c1. The van der Waals surface area contributed by atoms with Crippen LogP contribution in [0.3, 0.4) is 0 Å². The molecular formula is C21H16F3N3O. The summed E-state index contributed by atoms with van der Waals surface area (Å²) in [6.45, 7) is 2.22. The van der Waals surface area contributed by atoms with Gasteiger partial charge in [-0.25, -0.2) is 0 Å². The summed E-state index contributed by atoms with van der Waals surface area (Å²) in [6.07, 6.45) is -4.41. The Bertz CT molecular complexity index is 1040. The summed E-state index contributed by atoms with van der Waals surface area (Å²) in [5.41, 5.74) is 2.20. The van der Waals surface area contributed by atoms with Crippen LogP contribution in [-0.2, 0) is 6.18 Å². The lowest BCUT2D eigenvalue weighted by Gasteiger charge is -2.07. The van der Waals surface area contributed by atoms with Gasteiger partial charge in [0.1, 0.15) is 0 Å². The number of halogens is 3. The highest BCUT2D eigenvalue weighted by atomic mass is 19.4. The summed E-state index contributed by atoms with van der Waals surface area (Å²) in [7, 11) is 0. The van der Waals surface area contributed by atoms with Crippen LogP contribution < -0.4 is 5.32 Å². The largest absolute Gasteiger partial charge is 0.416 e. The number of alkyl halides is 3. The van der Waals surface area contributed by atoms with E-state index < -0.39 is 11.7 Å². The molecule has 0 radical (unpaired) electrons. The molecule has 2 N–H and O–H groups in total. The van der Waals surface area contributed by atoms with Crippen molar-refractivity contribution in [1.29, 1.82) is 5.26 Å². The van der Waals surface area contributed by atoms with Crippen molar-refractivity contribution in [2.75, 3.05) is 6.54 Å². The van der Waals surface area contributed by atoms with Crippen molar-refractivity contribution < 1.29 is 18.0 Å². The van der Waals surface area contributed by atoms with Crippen LogP contribution in [0.5, 0.6) is 0 Å². The van der Waals surface area contributed by atoms with Crippen molar-refractivity contribution in [3.8, 4) is 28.6 Å². The number of rotatable bonds is 4. The van der Waals surface area contributed by atoms with Crippen molar-refractivity contribution in [1.82, 2.24) is 10.3 Å². The molecule has 142 valence electrons. The summed E-state index contributed by atoms with van der Waals surface area (Å²) in [5, 5.41) is 11.8. The summed E-state index contributed by atoms with van der Waals surface area (Å²) in [5.74, 6) is -0.311. The topological polar surface area (TPSA) is 68.7 Å². The fourth-order valence-corrected chi connectivity index (χ4v) is 2.86. The van der Waals surface area contributed by atoms with Gasteiger partial charge in [-0.2, -0.15) is 18.4 Å². The molecule has 0 saturated carbocycles. The number of aromatic nitrogens is 1. The van der Waals surface area contributed by atoms with Gasteiger partial charge in [0.2, 0.25) is 0 Å². The Kier molecular flexibility index (Phi) is 5.23. The van der Waals surface area contributed by atoms with Crippen molar-refractivity contribution >= 4 is 5.91 Å². The predicted molar refractivity (Wildman–Crippen MR) is 99.4 cm³/mol. The Balaban J connectivity index is 2.09. The second kappa shape index (κ2) is 7.61. The summed E-state index contributed by atoms with van der Waals surface area (Å²) in [6, 6.07) is 15.1. The maximum atomic E-state index is 12.8. The van der Waals surface area contributed by atoms with Gasteiger partial charge in [0, 0.05) is 17.8 Å². The van der Waals surface area contributed by atoms with E-state index in [0.29, 0.717) is 40.2 Å². The first-order valence-corrected chi connectivity index (χ1v) is 8.53. The van der Waals surface area contributed by atoms with E-state index in [-0.39, 0.29) is 5.91 Å². The Morgan fingerprint density at radius 3 is 2.43 bits per heavy atom. The lowest BCUT2D eigenvalue weighted by atomic mass is 10.0. The average Bonchev–Trinajstić information content (AvgIpc) is 3.13. The molecule has 0 unspecified atom stereocenters. The molecule has 3 rings (SSSR count). The molecule has 0 spiro atoms. The van der Waals surface area contributed by atoms with Crippen molar-refractivity contribution in [3.05, 3.63) is 71.3 Å². The molecule has 2 aromatic carbocycles. The van der Waals surface area contributed by atoms with Gasteiger partial charge in [0.15, 0.2) is 0 Å². The molecule has 28 heavy (non-hydrogen) atoms. The minimum absolute atomic E-state index is 0.311. The molecule has 1 heterocycles. The first-order chi connectivity index (χ1) is 13.3. The highest BCUT2D eigenvalue weighted by molar-refractivity contribution is 6.01.